The van der Waals surface area contributed by atoms with Crippen molar-refractivity contribution in [2.24, 2.45) is 11.3 Å². The molecule has 1 aliphatic heterocycles. The quantitative estimate of drug-likeness (QED) is 0.382. The van der Waals surface area contributed by atoms with E-state index in [-0.39, 0.29) is 22.9 Å². The largest absolute Gasteiger partial charge is 0.465 e. The number of nitrogens with zero attached hydrogens (tertiary/aromatic N) is 2. The minimum Gasteiger partial charge on any atom is -0.465 e. The lowest BCUT2D eigenvalue weighted by Crippen LogP contribution is -2.42. The molecule has 0 amide bonds. The zero-order valence-corrected chi connectivity index (χ0v) is 18.7. The van der Waals surface area contributed by atoms with E-state index in [0.717, 1.165) is 36.2 Å². The molecule has 3 aromatic rings. The third-order valence-corrected chi connectivity index (χ3v) is 7.88. The molecule has 1 aromatic carbocycles. The predicted octanol–water partition coefficient (Wildman–Crippen LogP) is 5.62. The Morgan fingerprint density at radius 3 is 2.69 bits per heavy atom. The third kappa shape index (κ3) is 3.32. The van der Waals surface area contributed by atoms with Gasteiger partial charge in [0, 0.05) is 23.4 Å². The Morgan fingerprint density at radius 1 is 1.19 bits per heavy atom. The van der Waals surface area contributed by atoms with Gasteiger partial charge in [-0.1, -0.05) is 12.5 Å². The van der Waals surface area contributed by atoms with Crippen LogP contribution in [0.25, 0.3) is 17.3 Å². The van der Waals surface area contributed by atoms with Crippen molar-refractivity contribution in [3.63, 3.8) is 0 Å². The predicted molar refractivity (Wildman–Crippen MR) is 121 cm³/mol. The van der Waals surface area contributed by atoms with Crippen LogP contribution in [0.5, 0.6) is 0 Å². The summed E-state index contributed by atoms with van der Waals surface area (Å²) in [6, 6.07) is 9.77. The van der Waals surface area contributed by atoms with Gasteiger partial charge in [-0.3, -0.25) is 4.79 Å². The number of carbonyl (C=O) groups excluding carboxylic acids is 2. The number of imidazole rings is 1. The molecule has 1 saturated carbocycles. The highest BCUT2D eigenvalue weighted by molar-refractivity contribution is 7.15. The van der Waals surface area contributed by atoms with E-state index in [2.05, 4.69) is 22.6 Å². The number of methoxy groups -OCH3 is 1. The lowest BCUT2D eigenvalue weighted by atomic mass is 9.61. The first-order valence-corrected chi connectivity index (χ1v) is 11.5. The number of allylic oxidation sites excluding steroid dienone is 1. The molecule has 5 nitrogen and oxygen atoms in total. The summed E-state index contributed by atoms with van der Waals surface area (Å²) >= 11 is 1.20. The molecule has 2 atom stereocenters. The Labute approximate surface area is 189 Å². The number of thiophene rings is 1. The van der Waals surface area contributed by atoms with E-state index in [9.17, 15) is 14.0 Å². The van der Waals surface area contributed by atoms with Crippen molar-refractivity contribution in [2.45, 2.75) is 32.7 Å². The van der Waals surface area contributed by atoms with Crippen LogP contribution in [0.3, 0.4) is 0 Å². The maximum atomic E-state index is 13.5. The zero-order valence-electron chi connectivity index (χ0n) is 17.9. The SMILES string of the molecule is COC(=O)c1ccc(C(=O)[C@H]2CCCC3=Cc4c(-c5ccc(F)cc5)ncn4C[C@@]32C)s1. The van der Waals surface area contributed by atoms with Gasteiger partial charge in [0.1, 0.15) is 10.7 Å². The van der Waals surface area contributed by atoms with E-state index in [1.807, 2.05) is 6.33 Å². The van der Waals surface area contributed by atoms with E-state index in [4.69, 9.17) is 4.74 Å². The lowest BCUT2D eigenvalue weighted by molar-refractivity contribution is 0.0606. The van der Waals surface area contributed by atoms with Gasteiger partial charge in [-0.25, -0.2) is 14.2 Å². The number of hydrogen-bond acceptors (Lipinski definition) is 5. The van der Waals surface area contributed by atoms with Gasteiger partial charge in [0.15, 0.2) is 5.78 Å². The number of fused-ring (bicyclic) bond motifs is 2. The lowest BCUT2D eigenvalue weighted by Gasteiger charge is -2.45. The second kappa shape index (κ2) is 7.81. The number of aromatic nitrogens is 2. The fraction of sp³-hybridized carbons (Fsp3) is 0.320. The molecule has 0 radical (unpaired) electrons. The van der Waals surface area contributed by atoms with Gasteiger partial charge in [0.2, 0.25) is 0 Å². The molecular weight excluding hydrogens is 427 g/mol. The molecule has 1 aliphatic carbocycles. The molecule has 5 rings (SSSR count). The van der Waals surface area contributed by atoms with Crippen LogP contribution in [0.1, 0.15) is 51.2 Å². The molecule has 0 saturated heterocycles. The number of hydrogen-bond donors (Lipinski definition) is 0. The average molecular weight is 451 g/mol. The van der Waals surface area contributed by atoms with Crippen LogP contribution in [0.15, 0.2) is 48.3 Å². The molecule has 0 N–H and O–H groups in total. The Kier molecular flexibility index (Phi) is 5.08. The number of benzene rings is 1. The number of Topliss-reactive ketones (excluding diaryl/α,β-unsaturated/α-hetero) is 1. The second-order valence-electron chi connectivity index (χ2n) is 8.66. The fourth-order valence-electron chi connectivity index (χ4n) is 5.06. The summed E-state index contributed by atoms with van der Waals surface area (Å²) in [4.78, 5) is 31.0. The van der Waals surface area contributed by atoms with Crippen molar-refractivity contribution < 1.29 is 18.7 Å². The first-order valence-electron chi connectivity index (χ1n) is 10.6. The van der Waals surface area contributed by atoms with Gasteiger partial charge in [-0.2, -0.15) is 0 Å². The minimum absolute atomic E-state index is 0.0839. The minimum atomic E-state index is -0.418. The molecule has 32 heavy (non-hydrogen) atoms. The van der Waals surface area contributed by atoms with Crippen molar-refractivity contribution in [2.75, 3.05) is 7.11 Å². The van der Waals surface area contributed by atoms with E-state index in [0.29, 0.717) is 16.3 Å². The Balaban J connectivity index is 1.49. The van der Waals surface area contributed by atoms with Gasteiger partial charge < -0.3 is 9.30 Å². The van der Waals surface area contributed by atoms with E-state index >= 15 is 0 Å². The van der Waals surface area contributed by atoms with Gasteiger partial charge in [-0.05, 0) is 61.7 Å². The number of ketones is 1. The Hall–Kier alpha value is -3.06. The average Bonchev–Trinajstić information content (AvgIpc) is 3.44. The van der Waals surface area contributed by atoms with Crippen LogP contribution < -0.4 is 0 Å². The first-order chi connectivity index (χ1) is 15.4. The van der Waals surface area contributed by atoms with Gasteiger partial charge in [0.05, 0.1) is 29.7 Å². The van der Waals surface area contributed by atoms with E-state index in [1.54, 1.807) is 24.3 Å². The van der Waals surface area contributed by atoms with Crippen molar-refractivity contribution >= 4 is 29.2 Å². The van der Waals surface area contributed by atoms with Gasteiger partial charge in [0.25, 0.3) is 0 Å². The van der Waals surface area contributed by atoms with Gasteiger partial charge >= 0.3 is 5.97 Å². The summed E-state index contributed by atoms with van der Waals surface area (Å²) in [5.41, 5.74) is 3.63. The highest BCUT2D eigenvalue weighted by Gasteiger charge is 2.46. The van der Waals surface area contributed by atoms with Crippen molar-refractivity contribution in [3.8, 4) is 11.3 Å². The molecule has 3 heterocycles. The van der Waals surface area contributed by atoms with Gasteiger partial charge in [-0.15, -0.1) is 11.3 Å². The first kappa shape index (κ1) is 20.8. The Morgan fingerprint density at radius 2 is 1.94 bits per heavy atom. The Bertz CT molecular complexity index is 1240. The number of ether oxygens (including phenoxy) is 1. The monoisotopic (exact) mass is 450 g/mol. The van der Waals surface area contributed by atoms with Crippen LogP contribution in [0, 0.1) is 17.2 Å². The molecule has 1 fully saturated rings. The van der Waals surface area contributed by atoms with Crippen LogP contribution in [0.4, 0.5) is 4.39 Å². The standard InChI is InChI=1S/C25H23FN2O3S/c1-25-13-28-14-27-22(15-6-8-17(26)9-7-15)19(28)12-16(25)4-3-5-18(25)23(29)20-10-11-21(32-20)24(30)31-2/h6-12,14,18H,3-5,13H2,1-2H3/t18-,25+/m1/s1. The zero-order chi connectivity index (χ0) is 22.5. The maximum absolute atomic E-state index is 13.5. The number of halogens is 1. The highest BCUT2D eigenvalue weighted by atomic mass is 32.1. The van der Waals surface area contributed by atoms with Crippen LogP contribution >= 0.6 is 11.3 Å². The van der Waals surface area contributed by atoms with E-state index in [1.165, 1.54) is 36.2 Å². The normalized spacial score (nSPS) is 22.0. The summed E-state index contributed by atoms with van der Waals surface area (Å²) in [6.07, 6.45) is 6.67. The fourth-order valence-corrected chi connectivity index (χ4v) is 5.98. The topological polar surface area (TPSA) is 61.2 Å². The maximum Gasteiger partial charge on any atom is 0.348 e. The summed E-state index contributed by atoms with van der Waals surface area (Å²) in [5, 5.41) is 0. The molecule has 2 aliphatic rings. The van der Waals surface area contributed by atoms with Crippen molar-refractivity contribution in [3.05, 3.63) is 69.6 Å². The summed E-state index contributed by atoms with van der Waals surface area (Å²) < 4.78 is 20.3. The second-order valence-corrected chi connectivity index (χ2v) is 9.75. The molecule has 2 aromatic heterocycles. The summed E-state index contributed by atoms with van der Waals surface area (Å²) in [6.45, 7) is 2.82. The molecule has 0 spiro atoms. The van der Waals surface area contributed by atoms with Crippen molar-refractivity contribution in [1.29, 1.82) is 0 Å². The molecule has 164 valence electrons. The smallest absolute Gasteiger partial charge is 0.348 e. The highest BCUT2D eigenvalue weighted by Crippen LogP contribution is 2.51. The number of rotatable bonds is 4. The summed E-state index contributed by atoms with van der Waals surface area (Å²) in [5.74, 6) is -0.777. The van der Waals surface area contributed by atoms with E-state index < -0.39 is 5.97 Å². The summed E-state index contributed by atoms with van der Waals surface area (Å²) in [7, 11) is 1.34. The molecule has 0 unspecified atom stereocenters. The van der Waals surface area contributed by atoms with Crippen LogP contribution in [0.2, 0.25) is 0 Å². The van der Waals surface area contributed by atoms with Crippen molar-refractivity contribution in [1.82, 2.24) is 9.55 Å². The van der Waals surface area contributed by atoms with Crippen LogP contribution in [-0.4, -0.2) is 28.4 Å². The molecule has 0 bridgehead atoms. The third-order valence-electron chi connectivity index (χ3n) is 6.80. The molecule has 7 heteroatoms. The number of esters is 1. The van der Waals surface area contributed by atoms with Crippen LogP contribution in [-0.2, 0) is 11.3 Å². The number of carbonyl (C=O) groups is 2. The molecular formula is C25H23FN2O3S.